The Labute approximate surface area is 213 Å². The second-order valence-electron chi connectivity index (χ2n) is 9.06. The number of ether oxygens (including phenoxy) is 4. The highest BCUT2D eigenvalue weighted by Crippen LogP contribution is 2.35. The maximum absolute atomic E-state index is 13.6. The van der Waals surface area contributed by atoms with Gasteiger partial charge in [-0.15, -0.1) is 10.2 Å². The highest BCUT2D eigenvalue weighted by Gasteiger charge is 2.36. The zero-order valence-electron chi connectivity index (χ0n) is 21.9. The molecule has 0 radical (unpaired) electrons. The summed E-state index contributed by atoms with van der Waals surface area (Å²) < 4.78 is 54.3. The largest absolute Gasteiger partial charge is 0.382 e. The molecule has 0 amide bonds. The van der Waals surface area contributed by atoms with Crippen LogP contribution in [-0.4, -0.2) is 78.5 Å². The molecule has 3 rings (SSSR count). The van der Waals surface area contributed by atoms with Gasteiger partial charge >= 0.3 is 0 Å². The van der Waals surface area contributed by atoms with Crippen molar-refractivity contribution in [3.05, 3.63) is 29.6 Å². The Kier molecular flexibility index (Phi) is 10.1. The molecule has 1 aliphatic heterocycles. The van der Waals surface area contributed by atoms with E-state index in [2.05, 4.69) is 24.9 Å². The lowest BCUT2D eigenvalue weighted by molar-refractivity contribution is 0.0406. The molecular formula is C23H38N6O6S. The van der Waals surface area contributed by atoms with E-state index in [-0.39, 0.29) is 37.4 Å². The van der Waals surface area contributed by atoms with Crippen LogP contribution in [0.4, 0.5) is 5.95 Å². The van der Waals surface area contributed by atoms with Crippen LogP contribution in [0.5, 0.6) is 0 Å². The Bertz CT molecular complexity index is 1060. The Morgan fingerprint density at radius 3 is 2.44 bits per heavy atom. The fourth-order valence-corrected chi connectivity index (χ4v) is 5.29. The van der Waals surface area contributed by atoms with Gasteiger partial charge in [0.2, 0.25) is 16.0 Å². The molecule has 1 fully saturated rings. The van der Waals surface area contributed by atoms with Crippen LogP contribution in [0.2, 0.25) is 0 Å². The molecule has 1 aliphatic rings. The van der Waals surface area contributed by atoms with E-state index in [1.807, 2.05) is 20.8 Å². The zero-order chi connectivity index (χ0) is 26.3. The maximum atomic E-state index is 13.6. The molecule has 2 aromatic heterocycles. The Balaban J connectivity index is 1.95. The number of sulfonamides is 1. The Hall–Kier alpha value is -2.19. The average Bonchev–Trinajstić information content (AvgIpc) is 3.45. The van der Waals surface area contributed by atoms with Gasteiger partial charge in [-0.05, 0) is 40.0 Å². The van der Waals surface area contributed by atoms with Gasteiger partial charge in [0.1, 0.15) is 17.5 Å². The van der Waals surface area contributed by atoms with Gasteiger partial charge in [-0.2, -0.15) is 0 Å². The highest BCUT2D eigenvalue weighted by molar-refractivity contribution is 7.93. The van der Waals surface area contributed by atoms with Crippen molar-refractivity contribution in [1.82, 2.24) is 24.7 Å². The molecule has 0 saturated carbocycles. The zero-order valence-corrected chi connectivity index (χ0v) is 22.7. The Morgan fingerprint density at radius 1 is 1.17 bits per heavy atom. The summed E-state index contributed by atoms with van der Waals surface area (Å²) in [6.07, 6.45) is 4.46. The molecule has 202 valence electrons. The SMILES string of the molecule is CCCO[C@@H](c1cnc(C)cn1)[C@H](C)S(=O)(=O)Nc1nnc([C@H]2CC[C@@H](C)O2)n1C(COC)COC. The minimum Gasteiger partial charge on any atom is -0.382 e. The number of anilines is 1. The van der Waals surface area contributed by atoms with Crippen molar-refractivity contribution in [2.75, 3.05) is 38.8 Å². The molecule has 3 heterocycles. The molecule has 0 bridgehead atoms. The lowest BCUT2D eigenvalue weighted by Gasteiger charge is -2.26. The van der Waals surface area contributed by atoms with E-state index >= 15 is 0 Å². The Morgan fingerprint density at radius 2 is 1.89 bits per heavy atom. The third kappa shape index (κ3) is 6.76. The summed E-state index contributed by atoms with van der Waals surface area (Å²) in [6.45, 7) is 8.27. The van der Waals surface area contributed by atoms with E-state index in [0.717, 1.165) is 25.0 Å². The van der Waals surface area contributed by atoms with Gasteiger partial charge < -0.3 is 18.9 Å². The van der Waals surface area contributed by atoms with Crippen molar-refractivity contribution in [1.29, 1.82) is 0 Å². The summed E-state index contributed by atoms with van der Waals surface area (Å²) in [7, 11) is -0.848. The molecule has 0 spiro atoms. The van der Waals surface area contributed by atoms with Crippen LogP contribution in [0.3, 0.4) is 0 Å². The summed E-state index contributed by atoms with van der Waals surface area (Å²) in [6, 6.07) is -0.368. The number of hydrogen-bond acceptors (Lipinski definition) is 10. The fourth-order valence-electron chi connectivity index (χ4n) is 4.17. The molecule has 13 heteroatoms. The molecule has 0 aliphatic carbocycles. The first kappa shape index (κ1) is 28.4. The van der Waals surface area contributed by atoms with Gasteiger partial charge in [0.25, 0.3) is 0 Å². The minimum absolute atomic E-state index is 0.0725. The number of hydrogen-bond donors (Lipinski definition) is 1. The smallest absolute Gasteiger partial charge is 0.240 e. The van der Waals surface area contributed by atoms with Crippen molar-refractivity contribution >= 4 is 16.0 Å². The van der Waals surface area contributed by atoms with Crippen LogP contribution in [0.15, 0.2) is 12.4 Å². The average molecular weight is 527 g/mol. The van der Waals surface area contributed by atoms with Crippen LogP contribution < -0.4 is 4.72 Å². The normalized spacial score (nSPS) is 20.1. The minimum atomic E-state index is -4.00. The first-order valence-electron chi connectivity index (χ1n) is 12.2. The van der Waals surface area contributed by atoms with Crippen LogP contribution in [0.1, 0.15) is 75.5 Å². The number of methoxy groups -OCH3 is 2. The molecule has 2 aromatic rings. The van der Waals surface area contributed by atoms with E-state index in [0.29, 0.717) is 18.1 Å². The quantitative estimate of drug-likeness (QED) is 0.391. The topological polar surface area (TPSA) is 140 Å². The van der Waals surface area contributed by atoms with Gasteiger partial charge in [-0.25, -0.2) is 8.42 Å². The van der Waals surface area contributed by atoms with Crippen LogP contribution in [-0.2, 0) is 29.0 Å². The first-order chi connectivity index (χ1) is 17.2. The van der Waals surface area contributed by atoms with E-state index in [4.69, 9.17) is 18.9 Å². The summed E-state index contributed by atoms with van der Waals surface area (Å²) >= 11 is 0. The lowest BCUT2D eigenvalue weighted by atomic mass is 10.2. The van der Waals surface area contributed by atoms with Gasteiger partial charge in [0.05, 0.1) is 42.9 Å². The molecule has 0 unspecified atom stereocenters. The first-order valence-corrected chi connectivity index (χ1v) is 13.8. The van der Waals surface area contributed by atoms with Crippen LogP contribution >= 0.6 is 0 Å². The standard InChI is InChI=1S/C23H38N6O6S/c1-7-10-34-21(19-12-24-15(2)11-25-19)17(4)36(30,31)28-23-27-26-22(20-9-8-16(3)35-20)29(23)18(13-32-5)14-33-6/h11-12,16-18,20-21H,7-10,13-14H2,1-6H3,(H,27,28)/t16-,17+,20-,21-/m1/s1. The summed E-state index contributed by atoms with van der Waals surface area (Å²) in [5.41, 5.74) is 1.17. The second kappa shape index (κ2) is 12.9. The predicted octanol–water partition coefficient (Wildman–Crippen LogP) is 2.75. The molecule has 1 saturated heterocycles. The van der Waals surface area contributed by atoms with E-state index in [1.54, 1.807) is 38.1 Å². The van der Waals surface area contributed by atoms with E-state index in [1.165, 1.54) is 0 Å². The van der Waals surface area contributed by atoms with Crippen LogP contribution in [0.25, 0.3) is 0 Å². The number of aromatic nitrogens is 5. The van der Waals surface area contributed by atoms with Crippen molar-refractivity contribution in [2.45, 2.75) is 76.6 Å². The third-order valence-electron chi connectivity index (χ3n) is 6.07. The monoisotopic (exact) mass is 526 g/mol. The summed E-state index contributed by atoms with van der Waals surface area (Å²) in [5, 5.41) is 7.53. The molecule has 36 heavy (non-hydrogen) atoms. The number of aryl methyl sites for hydroxylation is 1. The number of nitrogens with one attached hydrogen (secondary N) is 1. The highest BCUT2D eigenvalue weighted by atomic mass is 32.2. The molecule has 0 aromatic carbocycles. The second-order valence-corrected chi connectivity index (χ2v) is 11.1. The fraction of sp³-hybridized carbons (Fsp3) is 0.739. The van der Waals surface area contributed by atoms with Gasteiger partial charge in [0.15, 0.2) is 5.82 Å². The van der Waals surface area contributed by atoms with Gasteiger partial charge in [0, 0.05) is 27.0 Å². The molecule has 4 atom stereocenters. The van der Waals surface area contributed by atoms with Crippen LogP contribution in [0, 0.1) is 6.92 Å². The molecule has 1 N–H and O–H groups in total. The predicted molar refractivity (Wildman–Crippen MR) is 133 cm³/mol. The van der Waals surface area contributed by atoms with E-state index < -0.39 is 21.4 Å². The van der Waals surface area contributed by atoms with Crippen molar-refractivity contribution in [3.63, 3.8) is 0 Å². The summed E-state index contributed by atoms with van der Waals surface area (Å²) in [5.74, 6) is 0.607. The van der Waals surface area contributed by atoms with Gasteiger partial charge in [-0.3, -0.25) is 19.3 Å². The van der Waals surface area contributed by atoms with Crippen molar-refractivity contribution in [2.24, 2.45) is 0 Å². The summed E-state index contributed by atoms with van der Waals surface area (Å²) in [4.78, 5) is 8.63. The molecule has 12 nitrogen and oxygen atoms in total. The number of nitrogens with zero attached hydrogens (tertiary/aromatic N) is 5. The van der Waals surface area contributed by atoms with Crippen molar-refractivity contribution < 1.29 is 27.4 Å². The van der Waals surface area contributed by atoms with Crippen molar-refractivity contribution in [3.8, 4) is 0 Å². The molecular weight excluding hydrogens is 488 g/mol. The lowest BCUT2D eigenvalue weighted by Crippen LogP contribution is -2.34. The van der Waals surface area contributed by atoms with E-state index in [9.17, 15) is 8.42 Å². The maximum Gasteiger partial charge on any atom is 0.240 e. The number of rotatable bonds is 14. The third-order valence-corrected chi connectivity index (χ3v) is 7.76. The van der Waals surface area contributed by atoms with Gasteiger partial charge in [-0.1, -0.05) is 6.92 Å².